The van der Waals surface area contributed by atoms with Crippen LogP contribution in [0.2, 0.25) is 0 Å². The fourth-order valence-corrected chi connectivity index (χ4v) is 3.64. The van der Waals surface area contributed by atoms with Gasteiger partial charge in [-0.05, 0) is 24.3 Å². The van der Waals surface area contributed by atoms with Crippen LogP contribution < -0.4 is 10.0 Å². The molecule has 0 spiro atoms. The second kappa shape index (κ2) is 7.91. The van der Waals surface area contributed by atoms with Gasteiger partial charge in [-0.15, -0.1) is 0 Å². The van der Waals surface area contributed by atoms with Crippen molar-refractivity contribution in [1.82, 2.24) is 20.2 Å². The summed E-state index contributed by atoms with van der Waals surface area (Å²) in [5.74, 6) is 1.16. The molecule has 0 aliphatic carbocycles. The van der Waals surface area contributed by atoms with Gasteiger partial charge in [0.1, 0.15) is 0 Å². The Balaban J connectivity index is 2.80. The van der Waals surface area contributed by atoms with E-state index in [9.17, 15) is 8.42 Å². The van der Waals surface area contributed by atoms with Crippen LogP contribution in [-0.4, -0.2) is 31.7 Å². The molecule has 0 saturated carbocycles. The first-order valence-electron chi connectivity index (χ1n) is 7.52. The highest BCUT2D eigenvalue weighted by atomic mass is 32.2. The van der Waals surface area contributed by atoms with Crippen LogP contribution in [0, 0.1) is 17.8 Å². The van der Waals surface area contributed by atoms with Crippen molar-refractivity contribution in [1.29, 1.82) is 0 Å². The summed E-state index contributed by atoms with van der Waals surface area (Å²) in [6, 6.07) is 0. The lowest BCUT2D eigenvalue weighted by atomic mass is 9.86. The number of H-pyrrole nitrogens is 1. The summed E-state index contributed by atoms with van der Waals surface area (Å²) >= 11 is 0. The van der Waals surface area contributed by atoms with Crippen molar-refractivity contribution < 1.29 is 8.42 Å². The highest BCUT2D eigenvalue weighted by molar-refractivity contribution is 7.89. The first-order valence-corrected chi connectivity index (χ1v) is 9.00. The maximum absolute atomic E-state index is 12.4. The van der Waals surface area contributed by atoms with Crippen molar-refractivity contribution in [2.75, 3.05) is 13.1 Å². The zero-order valence-electron chi connectivity index (χ0n) is 13.6. The summed E-state index contributed by atoms with van der Waals surface area (Å²) in [4.78, 5) is 0. The fourth-order valence-electron chi connectivity index (χ4n) is 2.44. The highest BCUT2D eigenvalue weighted by Crippen LogP contribution is 2.20. The fraction of sp³-hybridized carbons (Fsp3) is 0.786. The average molecular weight is 316 g/mol. The summed E-state index contributed by atoms with van der Waals surface area (Å²) in [7, 11) is -3.55. The zero-order valence-corrected chi connectivity index (χ0v) is 14.4. The topological polar surface area (TPSA) is 86.9 Å². The van der Waals surface area contributed by atoms with Gasteiger partial charge in [-0.1, -0.05) is 34.6 Å². The lowest BCUT2D eigenvalue weighted by Crippen LogP contribution is -2.34. The minimum atomic E-state index is -3.55. The van der Waals surface area contributed by atoms with Crippen LogP contribution in [0.25, 0.3) is 0 Å². The monoisotopic (exact) mass is 316 g/mol. The Bertz CT molecular complexity index is 515. The summed E-state index contributed by atoms with van der Waals surface area (Å²) in [5.41, 5.74) is 0.662. The number of aromatic nitrogens is 2. The Morgan fingerprint density at radius 1 is 1.24 bits per heavy atom. The summed E-state index contributed by atoms with van der Waals surface area (Å²) in [6.07, 6.45) is 1.56. The molecule has 21 heavy (non-hydrogen) atoms. The van der Waals surface area contributed by atoms with Gasteiger partial charge in [-0.3, -0.25) is 5.10 Å². The standard InChI is InChI=1S/C14H28N4O2S/c1-6-15-7-12-8-16-18-14(12)21(19,20)17-9-13(10(2)3)11(4)5/h8,10-11,13,15,17H,6-7,9H2,1-5H3,(H,16,18). The van der Waals surface area contributed by atoms with Gasteiger partial charge in [0.25, 0.3) is 10.0 Å². The van der Waals surface area contributed by atoms with Gasteiger partial charge in [0, 0.05) is 18.7 Å². The molecule has 0 aromatic carbocycles. The third-order valence-electron chi connectivity index (χ3n) is 3.73. The van der Waals surface area contributed by atoms with Crippen molar-refractivity contribution >= 4 is 10.0 Å². The Morgan fingerprint density at radius 2 is 1.86 bits per heavy atom. The van der Waals surface area contributed by atoms with E-state index in [2.05, 4.69) is 47.9 Å². The molecule has 0 atom stereocenters. The smallest absolute Gasteiger partial charge is 0.257 e. The summed E-state index contributed by atoms with van der Waals surface area (Å²) in [6.45, 7) is 12.1. The molecular formula is C14H28N4O2S. The Hall–Kier alpha value is -0.920. The van der Waals surface area contributed by atoms with E-state index in [-0.39, 0.29) is 5.03 Å². The summed E-state index contributed by atoms with van der Waals surface area (Å²) in [5, 5.41) is 9.73. The normalized spacial score (nSPS) is 12.8. The minimum Gasteiger partial charge on any atom is -0.313 e. The molecule has 1 heterocycles. The zero-order chi connectivity index (χ0) is 16.0. The van der Waals surface area contributed by atoms with E-state index in [1.807, 2.05) is 6.92 Å². The van der Waals surface area contributed by atoms with Gasteiger partial charge in [-0.2, -0.15) is 5.10 Å². The van der Waals surface area contributed by atoms with Gasteiger partial charge in [0.2, 0.25) is 0 Å². The number of aromatic amines is 1. The predicted molar refractivity (Wildman–Crippen MR) is 84.3 cm³/mol. The first-order chi connectivity index (χ1) is 9.79. The third-order valence-corrected chi connectivity index (χ3v) is 5.17. The molecule has 1 aromatic heterocycles. The Kier molecular flexibility index (Phi) is 6.83. The van der Waals surface area contributed by atoms with Crippen molar-refractivity contribution in [3.63, 3.8) is 0 Å². The molecule has 1 aromatic rings. The Labute approximate surface area is 128 Å². The molecule has 0 bridgehead atoms. The number of rotatable bonds is 9. The van der Waals surface area contributed by atoms with Gasteiger partial charge < -0.3 is 5.32 Å². The molecule has 0 radical (unpaired) electrons. The van der Waals surface area contributed by atoms with E-state index < -0.39 is 10.0 Å². The maximum atomic E-state index is 12.4. The van der Waals surface area contributed by atoms with Crippen molar-refractivity contribution in [3.8, 4) is 0 Å². The number of nitrogens with zero attached hydrogens (tertiary/aromatic N) is 1. The van der Waals surface area contributed by atoms with Crippen LogP contribution in [0.15, 0.2) is 11.2 Å². The predicted octanol–water partition coefficient (Wildman–Crippen LogP) is 1.73. The Morgan fingerprint density at radius 3 is 2.38 bits per heavy atom. The second-order valence-electron chi connectivity index (χ2n) is 6.01. The largest absolute Gasteiger partial charge is 0.313 e. The molecular weight excluding hydrogens is 288 g/mol. The maximum Gasteiger partial charge on any atom is 0.257 e. The molecule has 0 aliphatic rings. The molecule has 122 valence electrons. The molecule has 0 saturated heterocycles. The van der Waals surface area contributed by atoms with Gasteiger partial charge in [0.15, 0.2) is 5.03 Å². The van der Waals surface area contributed by atoms with E-state index in [1.54, 1.807) is 6.20 Å². The third kappa shape index (κ3) is 5.09. The molecule has 1 rings (SSSR count). The lowest BCUT2D eigenvalue weighted by molar-refractivity contribution is 0.289. The van der Waals surface area contributed by atoms with E-state index in [4.69, 9.17) is 0 Å². The van der Waals surface area contributed by atoms with Gasteiger partial charge in [-0.25, -0.2) is 13.1 Å². The van der Waals surface area contributed by atoms with E-state index >= 15 is 0 Å². The molecule has 0 aliphatic heterocycles. The van der Waals surface area contributed by atoms with Gasteiger partial charge in [0.05, 0.1) is 6.20 Å². The number of sulfonamides is 1. The lowest BCUT2D eigenvalue weighted by Gasteiger charge is -2.24. The highest BCUT2D eigenvalue weighted by Gasteiger charge is 2.24. The van der Waals surface area contributed by atoms with Gasteiger partial charge >= 0.3 is 0 Å². The van der Waals surface area contributed by atoms with Crippen LogP contribution in [0.1, 0.15) is 40.2 Å². The van der Waals surface area contributed by atoms with Crippen LogP contribution in [0.3, 0.4) is 0 Å². The van der Waals surface area contributed by atoms with Crippen LogP contribution >= 0.6 is 0 Å². The number of nitrogens with one attached hydrogen (secondary N) is 3. The van der Waals surface area contributed by atoms with Crippen molar-refractivity contribution in [3.05, 3.63) is 11.8 Å². The molecule has 6 nitrogen and oxygen atoms in total. The molecule has 7 heteroatoms. The number of hydrogen-bond donors (Lipinski definition) is 3. The molecule has 0 fully saturated rings. The van der Waals surface area contributed by atoms with Crippen molar-refractivity contribution in [2.24, 2.45) is 17.8 Å². The van der Waals surface area contributed by atoms with Crippen LogP contribution in [0.4, 0.5) is 0 Å². The van der Waals surface area contributed by atoms with E-state index in [0.29, 0.717) is 36.4 Å². The minimum absolute atomic E-state index is 0.162. The average Bonchev–Trinajstić information content (AvgIpc) is 2.84. The van der Waals surface area contributed by atoms with E-state index in [0.717, 1.165) is 6.54 Å². The molecule has 0 amide bonds. The van der Waals surface area contributed by atoms with Crippen LogP contribution in [-0.2, 0) is 16.6 Å². The second-order valence-corrected chi connectivity index (χ2v) is 7.71. The SMILES string of the molecule is CCNCc1cn[nH]c1S(=O)(=O)NCC(C(C)C)C(C)C. The molecule has 3 N–H and O–H groups in total. The molecule has 0 unspecified atom stereocenters. The first kappa shape index (κ1) is 18.1. The van der Waals surface area contributed by atoms with E-state index in [1.165, 1.54) is 0 Å². The van der Waals surface area contributed by atoms with Crippen LogP contribution in [0.5, 0.6) is 0 Å². The quantitative estimate of drug-likeness (QED) is 0.647. The number of hydrogen-bond acceptors (Lipinski definition) is 4. The summed E-state index contributed by atoms with van der Waals surface area (Å²) < 4.78 is 27.5. The van der Waals surface area contributed by atoms with Crippen molar-refractivity contribution in [2.45, 2.75) is 46.2 Å².